The first-order valence-electron chi connectivity index (χ1n) is 6.90. The van der Waals surface area contributed by atoms with Crippen molar-refractivity contribution < 1.29 is 9.90 Å². The first kappa shape index (κ1) is 13.9. The van der Waals surface area contributed by atoms with Gasteiger partial charge in [-0.2, -0.15) is 0 Å². The summed E-state index contributed by atoms with van der Waals surface area (Å²) in [4.78, 5) is 21.1. The fourth-order valence-corrected chi connectivity index (χ4v) is 3.24. The molecule has 2 heterocycles. The van der Waals surface area contributed by atoms with Gasteiger partial charge in [-0.1, -0.05) is 12.1 Å². The van der Waals surface area contributed by atoms with Crippen molar-refractivity contribution in [2.75, 3.05) is 31.1 Å². The molecule has 1 saturated heterocycles. The van der Waals surface area contributed by atoms with Crippen molar-refractivity contribution in [2.45, 2.75) is 6.92 Å². The Morgan fingerprint density at radius 1 is 1.24 bits per heavy atom. The van der Waals surface area contributed by atoms with E-state index in [-0.39, 0.29) is 11.7 Å². The number of hydrogen-bond acceptors (Lipinski definition) is 5. The summed E-state index contributed by atoms with van der Waals surface area (Å²) in [5.74, 6) is 0.341. The van der Waals surface area contributed by atoms with Crippen LogP contribution in [0.4, 0.5) is 5.69 Å². The minimum Gasteiger partial charge on any atom is -0.506 e. The van der Waals surface area contributed by atoms with E-state index in [0.717, 1.165) is 23.8 Å². The van der Waals surface area contributed by atoms with Gasteiger partial charge in [0.1, 0.15) is 10.6 Å². The molecule has 1 aromatic heterocycles. The van der Waals surface area contributed by atoms with Crippen LogP contribution < -0.4 is 4.90 Å². The maximum atomic E-state index is 12.4. The van der Waals surface area contributed by atoms with E-state index < -0.39 is 0 Å². The minimum absolute atomic E-state index is 0.0533. The summed E-state index contributed by atoms with van der Waals surface area (Å²) >= 11 is 1.43. The quantitative estimate of drug-likeness (QED) is 0.923. The van der Waals surface area contributed by atoms with E-state index in [1.54, 1.807) is 12.3 Å². The molecule has 0 unspecified atom stereocenters. The highest BCUT2D eigenvalue weighted by Crippen LogP contribution is 2.27. The van der Waals surface area contributed by atoms with Crippen LogP contribution in [0.3, 0.4) is 0 Å². The second-order valence-electron chi connectivity index (χ2n) is 5.01. The lowest BCUT2D eigenvalue weighted by Crippen LogP contribution is -2.48. The van der Waals surface area contributed by atoms with E-state index >= 15 is 0 Å². The van der Waals surface area contributed by atoms with Gasteiger partial charge in [-0.25, -0.2) is 4.98 Å². The van der Waals surface area contributed by atoms with Crippen molar-refractivity contribution in [3.63, 3.8) is 0 Å². The van der Waals surface area contributed by atoms with Crippen molar-refractivity contribution in [3.8, 4) is 5.75 Å². The van der Waals surface area contributed by atoms with E-state index in [0.29, 0.717) is 18.0 Å². The molecule has 1 N–H and O–H groups in total. The molecule has 0 radical (unpaired) electrons. The summed E-state index contributed by atoms with van der Waals surface area (Å²) in [5.41, 5.74) is 0.832. The fraction of sp³-hybridized carbons (Fsp3) is 0.333. The number of amides is 1. The Morgan fingerprint density at radius 3 is 2.57 bits per heavy atom. The summed E-state index contributed by atoms with van der Waals surface area (Å²) < 4.78 is 0. The molecule has 5 nitrogen and oxygen atoms in total. The lowest BCUT2D eigenvalue weighted by Gasteiger charge is -2.36. The van der Waals surface area contributed by atoms with E-state index in [9.17, 15) is 9.90 Å². The van der Waals surface area contributed by atoms with Crippen molar-refractivity contribution in [1.82, 2.24) is 9.88 Å². The van der Waals surface area contributed by atoms with Crippen LogP contribution in [0.25, 0.3) is 0 Å². The number of piperazine rings is 1. The van der Waals surface area contributed by atoms with Crippen LogP contribution in [-0.4, -0.2) is 47.1 Å². The molecular weight excluding hydrogens is 286 g/mol. The molecule has 110 valence electrons. The Kier molecular flexibility index (Phi) is 3.79. The number of benzene rings is 1. The number of phenols is 1. The van der Waals surface area contributed by atoms with Crippen LogP contribution in [-0.2, 0) is 0 Å². The lowest BCUT2D eigenvalue weighted by molar-refractivity contribution is 0.0751. The molecular formula is C15H17N3O2S. The van der Waals surface area contributed by atoms with Gasteiger partial charge in [0.05, 0.1) is 16.9 Å². The molecule has 21 heavy (non-hydrogen) atoms. The Balaban J connectivity index is 1.65. The highest BCUT2D eigenvalue weighted by atomic mass is 32.1. The molecule has 1 fully saturated rings. The number of nitrogens with zero attached hydrogens (tertiary/aromatic N) is 3. The third-order valence-electron chi connectivity index (χ3n) is 3.62. The molecule has 1 amide bonds. The van der Waals surface area contributed by atoms with Crippen LogP contribution in [0.2, 0.25) is 0 Å². The number of carbonyl (C=O) groups excluding carboxylic acids is 1. The normalized spacial score (nSPS) is 15.3. The van der Waals surface area contributed by atoms with Gasteiger partial charge in [0.15, 0.2) is 0 Å². The maximum absolute atomic E-state index is 12.4. The van der Waals surface area contributed by atoms with Gasteiger partial charge in [0, 0.05) is 26.2 Å². The maximum Gasteiger partial charge on any atom is 0.265 e. The molecule has 6 heteroatoms. The molecule has 0 spiro atoms. The number of aromatic hydroxyl groups is 1. The standard InChI is InChI=1S/C15H17N3O2S/c1-11-16-10-14(21-11)15(20)18-8-6-17(7-9-18)12-4-2-3-5-13(12)19/h2-5,10,19H,6-9H2,1H3. The molecule has 2 aromatic rings. The SMILES string of the molecule is Cc1ncc(C(=O)N2CCN(c3ccccc3O)CC2)s1. The molecule has 0 bridgehead atoms. The zero-order valence-electron chi connectivity index (χ0n) is 11.8. The number of aromatic nitrogens is 1. The van der Waals surface area contributed by atoms with Crippen molar-refractivity contribution in [1.29, 1.82) is 0 Å². The Morgan fingerprint density at radius 2 is 1.95 bits per heavy atom. The molecule has 1 aromatic carbocycles. The number of anilines is 1. The molecule has 0 saturated carbocycles. The first-order valence-corrected chi connectivity index (χ1v) is 7.71. The van der Waals surface area contributed by atoms with Gasteiger partial charge in [0.2, 0.25) is 0 Å². The fourth-order valence-electron chi connectivity index (χ4n) is 2.50. The van der Waals surface area contributed by atoms with E-state index in [1.165, 1.54) is 11.3 Å². The summed E-state index contributed by atoms with van der Waals surface area (Å²) in [6.45, 7) is 4.66. The van der Waals surface area contributed by atoms with E-state index in [4.69, 9.17) is 0 Å². The molecule has 1 aliphatic rings. The average molecular weight is 303 g/mol. The van der Waals surface area contributed by atoms with E-state index in [2.05, 4.69) is 9.88 Å². The molecule has 1 aliphatic heterocycles. The third kappa shape index (κ3) is 2.85. The number of hydrogen-bond donors (Lipinski definition) is 1. The van der Waals surface area contributed by atoms with Crippen molar-refractivity contribution in [2.24, 2.45) is 0 Å². The van der Waals surface area contributed by atoms with Gasteiger partial charge in [-0.3, -0.25) is 4.79 Å². The van der Waals surface area contributed by atoms with Crippen molar-refractivity contribution in [3.05, 3.63) is 40.3 Å². The van der Waals surface area contributed by atoms with Crippen LogP contribution >= 0.6 is 11.3 Å². The molecule has 0 atom stereocenters. The van der Waals surface area contributed by atoms with Crippen LogP contribution in [0, 0.1) is 6.92 Å². The summed E-state index contributed by atoms with van der Waals surface area (Å²) in [7, 11) is 0. The predicted molar refractivity (Wildman–Crippen MR) is 83.1 cm³/mol. The van der Waals surface area contributed by atoms with Gasteiger partial charge in [-0.05, 0) is 19.1 Å². The van der Waals surface area contributed by atoms with Crippen LogP contribution in [0.15, 0.2) is 30.5 Å². The number of aryl methyl sites for hydroxylation is 1. The second kappa shape index (κ2) is 5.73. The molecule has 3 rings (SSSR count). The number of para-hydroxylation sites is 2. The highest BCUT2D eigenvalue weighted by Gasteiger charge is 2.24. The number of phenolic OH excluding ortho intramolecular Hbond substituents is 1. The number of rotatable bonds is 2. The van der Waals surface area contributed by atoms with Gasteiger partial charge in [0.25, 0.3) is 5.91 Å². The van der Waals surface area contributed by atoms with Gasteiger partial charge < -0.3 is 14.9 Å². The second-order valence-corrected chi connectivity index (χ2v) is 6.25. The molecule has 0 aliphatic carbocycles. The minimum atomic E-state index is 0.0533. The Bertz CT molecular complexity index is 648. The van der Waals surface area contributed by atoms with Crippen LogP contribution in [0.1, 0.15) is 14.7 Å². The third-order valence-corrected chi connectivity index (χ3v) is 4.52. The zero-order chi connectivity index (χ0) is 14.8. The Labute approximate surface area is 127 Å². The number of carbonyl (C=O) groups is 1. The average Bonchev–Trinajstić information content (AvgIpc) is 2.94. The largest absolute Gasteiger partial charge is 0.506 e. The summed E-state index contributed by atoms with van der Waals surface area (Å²) in [6.07, 6.45) is 1.65. The number of thiazole rings is 1. The van der Waals surface area contributed by atoms with E-state index in [1.807, 2.05) is 30.0 Å². The zero-order valence-corrected chi connectivity index (χ0v) is 12.6. The van der Waals surface area contributed by atoms with Crippen LogP contribution in [0.5, 0.6) is 5.75 Å². The van der Waals surface area contributed by atoms with Gasteiger partial charge >= 0.3 is 0 Å². The summed E-state index contributed by atoms with van der Waals surface area (Å²) in [6, 6.07) is 7.31. The Hall–Kier alpha value is -2.08. The lowest BCUT2D eigenvalue weighted by atomic mass is 10.2. The highest BCUT2D eigenvalue weighted by molar-refractivity contribution is 7.13. The first-order chi connectivity index (χ1) is 10.1. The summed E-state index contributed by atoms with van der Waals surface area (Å²) in [5, 5.41) is 10.8. The van der Waals surface area contributed by atoms with Gasteiger partial charge in [-0.15, -0.1) is 11.3 Å². The van der Waals surface area contributed by atoms with Crippen molar-refractivity contribution >= 4 is 22.9 Å². The predicted octanol–water partition coefficient (Wildman–Crippen LogP) is 2.12. The monoisotopic (exact) mass is 303 g/mol. The smallest absolute Gasteiger partial charge is 0.265 e. The topological polar surface area (TPSA) is 56.7 Å².